The number of ether oxygens (including phenoxy) is 1. The van der Waals surface area contributed by atoms with Gasteiger partial charge in [0.15, 0.2) is 6.61 Å². The van der Waals surface area contributed by atoms with Gasteiger partial charge in [-0.3, -0.25) is 4.79 Å². The maximum absolute atomic E-state index is 12.9. The summed E-state index contributed by atoms with van der Waals surface area (Å²) in [6.07, 6.45) is 5.04. The van der Waals surface area contributed by atoms with Gasteiger partial charge in [-0.1, -0.05) is 23.9 Å². The van der Waals surface area contributed by atoms with E-state index in [1.54, 1.807) is 29.8 Å². The molecule has 2 heterocycles. The number of esters is 1. The van der Waals surface area contributed by atoms with Crippen LogP contribution in [0.4, 0.5) is 0 Å². The lowest BCUT2D eigenvalue weighted by atomic mass is 10.2. The highest BCUT2D eigenvalue weighted by atomic mass is 32.2. The number of carbonyl (C=O) groups is 2. The number of carbonyl (C=O) groups excluding carboxylic acids is 2. The highest BCUT2D eigenvalue weighted by Crippen LogP contribution is 2.42. The molecule has 0 radical (unpaired) electrons. The zero-order valence-electron chi connectivity index (χ0n) is 18.3. The van der Waals surface area contributed by atoms with Crippen molar-refractivity contribution in [2.75, 3.05) is 19.7 Å². The molecule has 10 heteroatoms. The fourth-order valence-corrected chi connectivity index (χ4v) is 6.16. The van der Waals surface area contributed by atoms with Gasteiger partial charge in [-0.15, -0.1) is 11.3 Å². The van der Waals surface area contributed by atoms with Crippen molar-refractivity contribution in [1.29, 1.82) is 10.5 Å². The van der Waals surface area contributed by atoms with Gasteiger partial charge in [0.2, 0.25) is 0 Å². The number of thiophene rings is 1. The van der Waals surface area contributed by atoms with E-state index in [1.807, 2.05) is 24.3 Å². The summed E-state index contributed by atoms with van der Waals surface area (Å²) in [7, 11) is 0. The molecule has 0 bridgehead atoms. The standard InChI is InChI=1S/C24H21N5O3S2/c25-10-4-12-29(13-5-11-26)20(30)14-32-24(31)17-6-1-2-8-19(17)34-23-21-16-7-3-9-18(16)33-22(21)27-15-28-23/h1-2,6,8,15H,3-5,7,9,12-14H2. The molecule has 34 heavy (non-hydrogen) atoms. The molecule has 172 valence electrons. The SMILES string of the molecule is N#CCCN(CCC#N)C(=O)COC(=O)c1ccccc1Sc1ncnc2sc3c(c12)CCC3. The first-order valence-electron chi connectivity index (χ1n) is 10.8. The summed E-state index contributed by atoms with van der Waals surface area (Å²) >= 11 is 3.10. The van der Waals surface area contributed by atoms with Crippen LogP contribution >= 0.6 is 23.1 Å². The highest BCUT2D eigenvalue weighted by Gasteiger charge is 2.23. The summed E-state index contributed by atoms with van der Waals surface area (Å²) in [4.78, 5) is 38.7. The van der Waals surface area contributed by atoms with E-state index in [1.165, 1.54) is 27.1 Å². The van der Waals surface area contributed by atoms with Gasteiger partial charge in [0.25, 0.3) is 5.91 Å². The molecular weight excluding hydrogens is 470 g/mol. The van der Waals surface area contributed by atoms with Crippen LogP contribution < -0.4 is 0 Å². The number of rotatable bonds is 9. The van der Waals surface area contributed by atoms with Gasteiger partial charge in [-0.25, -0.2) is 14.8 Å². The van der Waals surface area contributed by atoms with Crippen LogP contribution in [0.3, 0.4) is 0 Å². The fourth-order valence-electron chi connectivity index (χ4n) is 3.83. The van der Waals surface area contributed by atoms with Crippen molar-refractivity contribution in [2.24, 2.45) is 0 Å². The third-order valence-electron chi connectivity index (χ3n) is 5.45. The zero-order chi connectivity index (χ0) is 23.9. The molecule has 1 amide bonds. The van der Waals surface area contributed by atoms with E-state index in [2.05, 4.69) is 9.97 Å². The van der Waals surface area contributed by atoms with Gasteiger partial charge < -0.3 is 9.64 Å². The van der Waals surface area contributed by atoms with Gasteiger partial charge >= 0.3 is 5.97 Å². The van der Waals surface area contributed by atoms with Crippen LogP contribution in [-0.4, -0.2) is 46.4 Å². The Morgan fingerprint density at radius 2 is 1.88 bits per heavy atom. The second-order valence-electron chi connectivity index (χ2n) is 7.59. The van der Waals surface area contributed by atoms with Gasteiger partial charge in [0, 0.05) is 28.2 Å². The Kier molecular flexibility index (Phi) is 7.73. The van der Waals surface area contributed by atoms with E-state index >= 15 is 0 Å². The molecule has 0 spiro atoms. The van der Waals surface area contributed by atoms with Crippen molar-refractivity contribution in [3.05, 3.63) is 46.6 Å². The average molecular weight is 492 g/mol. The number of hydrogen-bond acceptors (Lipinski definition) is 9. The zero-order valence-corrected chi connectivity index (χ0v) is 20.0. The van der Waals surface area contributed by atoms with Gasteiger partial charge in [0.1, 0.15) is 16.2 Å². The lowest BCUT2D eigenvalue weighted by Gasteiger charge is -2.20. The van der Waals surface area contributed by atoms with E-state index < -0.39 is 18.5 Å². The molecule has 3 aromatic rings. The number of nitrogens with zero attached hydrogens (tertiary/aromatic N) is 5. The first-order valence-corrected chi connectivity index (χ1v) is 12.5. The number of aryl methyl sites for hydroxylation is 2. The quantitative estimate of drug-likeness (QED) is 0.323. The number of benzene rings is 1. The van der Waals surface area contributed by atoms with E-state index in [4.69, 9.17) is 15.3 Å². The summed E-state index contributed by atoms with van der Waals surface area (Å²) in [5.41, 5.74) is 1.66. The lowest BCUT2D eigenvalue weighted by molar-refractivity contribution is -0.134. The summed E-state index contributed by atoms with van der Waals surface area (Å²) in [6.45, 7) is -0.0736. The minimum atomic E-state index is -0.613. The summed E-state index contributed by atoms with van der Waals surface area (Å²) < 4.78 is 5.32. The Morgan fingerprint density at radius 1 is 1.12 bits per heavy atom. The molecule has 0 aliphatic heterocycles. The third kappa shape index (κ3) is 5.19. The van der Waals surface area contributed by atoms with Crippen LogP contribution in [0.25, 0.3) is 10.2 Å². The molecular formula is C24H21N5O3S2. The first-order chi connectivity index (χ1) is 16.6. The predicted octanol–water partition coefficient (Wildman–Crippen LogP) is 4.14. The largest absolute Gasteiger partial charge is 0.452 e. The number of nitriles is 2. The molecule has 8 nitrogen and oxygen atoms in total. The summed E-state index contributed by atoms with van der Waals surface area (Å²) in [5.74, 6) is -1.05. The Bertz CT molecular complexity index is 1290. The smallest absolute Gasteiger partial charge is 0.339 e. The van der Waals surface area contributed by atoms with Crippen molar-refractivity contribution >= 4 is 45.2 Å². The maximum atomic E-state index is 12.9. The summed E-state index contributed by atoms with van der Waals surface area (Å²) in [6, 6.07) is 11.0. The second-order valence-corrected chi connectivity index (χ2v) is 9.70. The molecule has 0 fully saturated rings. The monoisotopic (exact) mass is 491 g/mol. The van der Waals surface area contributed by atoms with E-state index in [9.17, 15) is 9.59 Å². The number of hydrogen-bond donors (Lipinski definition) is 0. The van der Waals surface area contributed by atoms with Crippen molar-refractivity contribution in [3.8, 4) is 12.1 Å². The first kappa shape index (κ1) is 23.7. The highest BCUT2D eigenvalue weighted by molar-refractivity contribution is 7.99. The minimum absolute atomic E-state index is 0.143. The van der Waals surface area contributed by atoms with Crippen molar-refractivity contribution in [1.82, 2.24) is 14.9 Å². The third-order valence-corrected chi connectivity index (χ3v) is 7.73. The Labute approximate surface area is 205 Å². The summed E-state index contributed by atoms with van der Waals surface area (Å²) in [5, 5.41) is 19.5. The normalized spacial score (nSPS) is 12.1. The van der Waals surface area contributed by atoms with E-state index in [0.717, 1.165) is 34.5 Å². The maximum Gasteiger partial charge on any atom is 0.339 e. The molecule has 0 unspecified atom stereocenters. The van der Waals surface area contributed by atoms with E-state index in [-0.39, 0.29) is 25.9 Å². The molecule has 0 atom stereocenters. The van der Waals surface area contributed by atoms with Crippen LogP contribution in [0.5, 0.6) is 0 Å². The van der Waals surface area contributed by atoms with Gasteiger partial charge in [-0.2, -0.15) is 10.5 Å². The molecule has 4 rings (SSSR count). The Balaban J connectivity index is 1.49. The molecule has 1 aromatic carbocycles. The topological polar surface area (TPSA) is 120 Å². The molecule has 1 aliphatic rings. The number of aromatic nitrogens is 2. The predicted molar refractivity (Wildman–Crippen MR) is 127 cm³/mol. The van der Waals surface area contributed by atoms with Crippen LogP contribution in [0.1, 0.15) is 40.1 Å². The van der Waals surface area contributed by atoms with Crippen molar-refractivity contribution < 1.29 is 14.3 Å². The van der Waals surface area contributed by atoms with Crippen LogP contribution in [0.2, 0.25) is 0 Å². The number of fused-ring (bicyclic) bond motifs is 3. The Hall–Kier alpha value is -3.47. The van der Waals surface area contributed by atoms with Crippen LogP contribution in [0.15, 0.2) is 40.5 Å². The minimum Gasteiger partial charge on any atom is -0.452 e. The van der Waals surface area contributed by atoms with Gasteiger partial charge in [-0.05, 0) is 37.0 Å². The number of amides is 1. The van der Waals surface area contributed by atoms with Crippen LogP contribution in [-0.2, 0) is 22.4 Å². The van der Waals surface area contributed by atoms with Crippen molar-refractivity contribution in [2.45, 2.75) is 42.0 Å². The fraction of sp³-hybridized carbons (Fsp3) is 0.333. The second kappa shape index (κ2) is 11.1. The Morgan fingerprint density at radius 3 is 2.65 bits per heavy atom. The van der Waals surface area contributed by atoms with Crippen molar-refractivity contribution in [3.63, 3.8) is 0 Å². The molecule has 0 saturated heterocycles. The molecule has 0 saturated carbocycles. The molecule has 2 aromatic heterocycles. The van der Waals surface area contributed by atoms with E-state index in [0.29, 0.717) is 10.5 Å². The van der Waals surface area contributed by atoms with Gasteiger partial charge in [0.05, 0.1) is 30.5 Å². The van der Waals surface area contributed by atoms with Crippen LogP contribution in [0, 0.1) is 22.7 Å². The molecule has 1 aliphatic carbocycles. The lowest BCUT2D eigenvalue weighted by Crippen LogP contribution is -2.36. The average Bonchev–Trinajstić information content (AvgIpc) is 3.44. The molecule has 0 N–H and O–H groups in total.